The van der Waals surface area contributed by atoms with Crippen LogP contribution in [0.15, 0.2) is 24.3 Å². The number of piperidine rings is 1. The van der Waals surface area contributed by atoms with E-state index in [1.807, 2.05) is 0 Å². The second-order valence-electron chi connectivity index (χ2n) is 5.35. The zero-order chi connectivity index (χ0) is 15.0. The molecule has 6 nitrogen and oxygen atoms in total. The van der Waals surface area contributed by atoms with E-state index >= 15 is 0 Å². The molecule has 1 saturated heterocycles. The van der Waals surface area contributed by atoms with Gasteiger partial charge in [-0.25, -0.2) is 0 Å². The van der Waals surface area contributed by atoms with Crippen molar-refractivity contribution in [3.05, 3.63) is 29.8 Å². The second kappa shape index (κ2) is 5.20. The predicted octanol–water partition coefficient (Wildman–Crippen LogP) is 1.11. The van der Waals surface area contributed by atoms with Gasteiger partial charge in [-0.3, -0.25) is 19.3 Å². The topological polar surface area (TPSA) is 77.9 Å². The van der Waals surface area contributed by atoms with Crippen molar-refractivity contribution in [1.82, 2.24) is 4.90 Å². The van der Waals surface area contributed by atoms with Crippen molar-refractivity contribution in [2.75, 3.05) is 18.0 Å². The van der Waals surface area contributed by atoms with E-state index in [-0.39, 0.29) is 11.8 Å². The Morgan fingerprint density at radius 3 is 2.76 bits per heavy atom. The predicted molar refractivity (Wildman–Crippen MR) is 75.1 cm³/mol. The summed E-state index contributed by atoms with van der Waals surface area (Å²) in [4.78, 5) is 39.2. The molecule has 2 amide bonds. The highest BCUT2D eigenvalue weighted by molar-refractivity contribution is 6.12. The Balaban J connectivity index is 2.12. The van der Waals surface area contributed by atoms with Crippen LogP contribution >= 0.6 is 0 Å². The van der Waals surface area contributed by atoms with E-state index < -0.39 is 18.6 Å². The number of anilines is 1. The van der Waals surface area contributed by atoms with Gasteiger partial charge in [0.2, 0.25) is 5.91 Å². The lowest BCUT2D eigenvalue weighted by Crippen LogP contribution is -2.51. The number of para-hydroxylation sites is 1. The van der Waals surface area contributed by atoms with E-state index in [1.54, 1.807) is 29.2 Å². The molecule has 0 unspecified atom stereocenters. The number of fused-ring (bicyclic) bond motifs is 2. The molecule has 6 heteroatoms. The highest BCUT2D eigenvalue weighted by Crippen LogP contribution is 2.31. The first-order chi connectivity index (χ1) is 10.1. The monoisotopic (exact) mass is 288 g/mol. The van der Waals surface area contributed by atoms with Gasteiger partial charge < -0.3 is 10.0 Å². The Labute approximate surface area is 122 Å². The molecule has 0 saturated carbocycles. The van der Waals surface area contributed by atoms with E-state index in [4.69, 9.17) is 5.11 Å². The number of aliphatic carboxylic acids is 1. The van der Waals surface area contributed by atoms with Crippen molar-refractivity contribution < 1.29 is 19.5 Å². The first-order valence-corrected chi connectivity index (χ1v) is 7.03. The van der Waals surface area contributed by atoms with Crippen LogP contribution in [0.25, 0.3) is 0 Å². The molecule has 21 heavy (non-hydrogen) atoms. The number of benzene rings is 1. The summed E-state index contributed by atoms with van der Waals surface area (Å²) in [5.74, 6) is -1.57. The quantitative estimate of drug-likeness (QED) is 0.884. The van der Waals surface area contributed by atoms with Gasteiger partial charge in [0.25, 0.3) is 5.91 Å². The summed E-state index contributed by atoms with van der Waals surface area (Å²) >= 11 is 0. The molecule has 1 aromatic rings. The summed E-state index contributed by atoms with van der Waals surface area (Å²) < 4.78 is 0. The van der Waals surface area contributed by atoms with Crippen LogP contribution < -0.4 is 4.90 Å². The zero-order valence-corrected chi connectivity index (χ0v) is 11.5. The molecule has 1 fully saturated rings. The normalized spacial score (nSPS) is 21.6. The van der Waals surface area contributed by atoms with Crippen molar-refractivity contribution >= 4 is 23.5 Å². The Bertz CT molecular complexity index is 613. The first kappa shape index (κ1) is 13.6. The number of hydrogen-bond donors (Lipinski definition) is 1. The Hall–Kier alpha value is -2.37. The summed E-state index contributed by atoms with van der Waals surface area (Å²) in [6, 6.07) is 6.17. The number of carboxylic acids is 1. The molecule has 0 bridgehead atoms. The van der Waals surface area contributed by atoms with Gasteiger partial charge in [0.15, 0.2) is 0 Å². The Morgan fingerprint density at radius 2 is 2.00 bits per heavy atom. The fraction of sp³-hybridized carbons (Fsp3) is 0.400. The number of hydrogen-bond acceptors (Lipinski definition) is 3. The zero-order valence-electron chi connectivity index (χ0n) is 11.5. The molecule has 1 atom stereocenters. The first-order valence-electron chi connectivity index (χ1n) is 7.03. The summed E-state index contributed by atoms with van der Waals surface area (Å²) in [5, 5.41) is 9.07. The van der Waals surface area contributed by atoms with Crippen LogP contribution in [0.1, 0.15) is 29.6 Å². The summed E-state index contributed by atoms with van der Waals surface area (Å²) in [6.45, 7) is 0.123. The van der Waals surface area contributed by atoms with Gasteiger partial charge in [-0.15, -0.1) is 0 Å². The number of amides is 2. The van der Waals surface area contributed by atoms with Gasteiger partial charge in [0, 0.05) is 6.54 Å². The van der Waals surface area contributed by atoms with Crippen LogP contribution in [0.2, 0.25) is 0 Å². The van der Waals surface area contributed by atoms with Crippen molar-refractivity contribution in [1.29, 1.82) is 0 Å². The molecule has 0 radical (unpaired) electrons. The lowest BCUT2D eigenvalue weighted by molar-refractivity contribution is -0.137. The number of rotatable bonds is 2. The molecular formula is C15H16N2O4. The third-order valence-corrected chi connectivity index (χ3v) is 4.03. The highest BCUT2D eigenvalue weighted by Gasteiger charge is 2.40. The maximum Gasteiger partial charge on any atom is 0.323 e. The van der Waals surface area contributed by atoms with Gasteiger partial charge in [0.05, 0.1) is 11.3 Å². The molecule has 0 aromatic heterocycles. The fourth-order valence-corrected chi connectivity index (χ4v) is 3.07. The van der Waals surface area contributed by atoms with E-state index in [9.17, 15) is 14.4 Å². The average Bonchev–Trinajstić information content (AvgIpc) is 2.58. The van der Waals surface area contributed by atoms with Crippen LogP contribution in [-0.2, 0) is 9.59 Å². The van der Waals surface area contributed by atoms with Gasteiger partial charge >= 0.3 is 5.97 Å². The summed E-state index contributed by atoms with van der Waals surface area (Å²) in [6.07, 6.45) is 2.34. The maximum atomic E-state index is 12.7. The minimum Gasteiger partial charge on any atom is -0.480 e. The molecule has 1 N–H and O–H groups in total. The minimum atomic E-state index is -1.09. The average molecular weight is 288 g/mol. The van der Waals surface area contributed by atoms with Crippen LogP contribution in [0.3, 0.4) is 0 Å². The molecule has 0 aliphatic carbocycles. The van der Waals surface area contributed by atoms with E-state index in [0.717, 1.165) is 12.8 Å². The highest BCUT2D eigenvalue weighted by atomic mass is 16.4. The van der Waals surface area contributed by atoms with E-state index in [2.05, 4.69) is 0 Å². The largest absolute Gasteiger partial charge is 0.480 e. The van der Waals surface area contributed by atoms with E-state index in [0.29, 0.717) is 24.2 Å². The van der Waals surface area contributed by atoms with Gasteiger partial charge in [-0.05, 0) is 31.4 Å². The summed E-state index contributed by atoms with van der Waals surface area (Å²) in [7, 11) is 0. The lowest BCUT2D eigenvalue weighted by atomic mass is 10.0. The second-order valence-corrected chi connectivity index (χ2v) is 5.35. The molecule has 1 aromatic carbocycles. The molecule has 2 heterocycles. The lowest BCUT2D eigenvalue weighted by Gasteiger charge is -2.34. The van der Waals surface area contributed by atoms with Crippen molar-refractivity contribution in [3.63, 3.8) is 0 Å². The minimum absolute atomic E-state index is 0.184. The SMILES string of the molecule is O=C(O)CN1C(=O)[C@H]2CCCCN2C(=O)c2ccccc21. The van der Waals surface area contributed by atoms with Crippen LogP contribution in [0.5, 0.6) is 0 Å². The van der Waals surface area contributed by atoms with Crippen LogP contribution in [-0.4, -0.2) is 46.9 Å². The summed E-state index contributed by atoms with van der Waals surface area (Å²) in [5.41, 5.74) is 0.792. The van der Waals surface area contributed by atoms with Crippen LogP contribution in [0.4, 0.5) is 5.69 Å². The van der Waals surface area contributed by atoms with Crippen molar-refractivity contribution in [2.24, 2.45) is 0 Å². The van der Waals surface area contributed by atoms with Crippen molar-refractivity contribution in [2.45, 2.75) is 25.3 Å². The molecule has 2 aliphatic heterocycles. The molecule has 3 rings (SSSR count). The Morgan fingerprint density at radius 1 is 1.24 bits per heavy atom. The Kier molecular flexibility index (Phi) is 3.37. The number of carbonyl (C=O) groups excluding carboxylic acids is 2. The van der Waals surface area contributed by atoms with Crippen LogP contribution in [0, 0.1) is 0 Å². The van der Waals surface area contributed by atoms with E-state index in [1.165, 1.54) is 4.90 Å². The standard InChI is InChI=1S/C15H16N2O4/c18-13(19)9-17-11-6-2-1-5-10(11)14(20)16-8-4-3-7-12(16)15(17)21/h1-2,5-6,12H,3-4,7-9H2,(H,18,19)/t12-/m1/s1. The fourth-order valence-electron chi connectivity index (χ4n) is 3.07. The number of nitrogens with zero attached hydrogens (tertiary/aromatic N) is 2. The maximum absolute atomic E-state index is 12.7. The van der Waals surface area contributed by atoms with Gasteiger partial charge in [0.1, 0.15) is 12.6 Å². The van der Waals surface area contributed by atoms with Gasteiger partial charge in [-0.1, -0.05) is 12.1 Å². The molecule has 110 valence electrons. The van der Waals surface area contributed by atoms with Gasteiger partial charge in [-0.2, -0.15) is 0 Å². The molecular weight excluding hydrogens is 272 g/mol. The molecule has 0 spiro atoms. The number of carboxylic acid groups (broad SMARTS) is 1. The number of carbonyl (C=O) groups is 3. The smallest absolute Gasteiger partial charge is 0.323 e. The van der Waals surface area contributed by atoms with Crippen molar-refractivity contribution in [3.8, 4) is 0 Å². The molecule has 2 aliphatic rings. The third kappa shape index (κ3) is 2.26. The third-order valence-electron chi connectivity index (χ3n) is 4.03.